The van der Waals surface area contributed by atoms with E-state index in [1.54, 1.807) is 31.3 Å². The van der Waals surface area contributed by atoms with E-state index < -0.39 is 6.04 Å². The van der Waals surface area contributed by atoms with Crippen LogP contribution in [0.5, 0.6) is 17.2 Å². The summed E-state index contributed by atoms with van der Waals surface area (Å²) in [5.41, 5.74) is 0.866. The fourth-order valence-electron chi connectivity index (χ4n) is 3.29. The number of amides is 2. The van der Waals surface area contributed by atoms with E-state index in [9.17, 15) is 9.59 Å². The van der Waals surface area contributed by atoms with Crippen molar-refractivity contribution in [2.75, 3.05) is 20.8 Å². The van der Waals surface area contributed by atoms with Gasteiger partial charge in [0, 0.05) is 12.6 Å². The van der Waals surface area contributed by atoms with Crippen LogP contribution in [-0.2, 0) is 16.1 Å². The lowest BCUT2D eigenvalue weighted by Crippen LogP contribution is -2.51. The summed E-state index contributed by atoms with van der Waals surface area (Å²) in [5, 5.41) is 3.00. The summed E-state index contributed by atoms with van der Waals surface area (Å²) in [7, 11) is 3.14. The predicted octanol–water partition coefficient (Wildman–Crippen LogP) is 3.80. The Bertz CT molecular complexity index is 886. The van der Waals surface area contributed by atoms with E-state index in [1.165, 1.54) is 0 Å². The molecule has 2 aromatic rings. The Balaban J connectivity index is 2.26. The van der Waals surface area contributed by atoms with Crippen molar-refractivity contribution in [3.8, 4) is 17.2 Å². The smallest absolute Gasteiger partial charge is 0.261 e. The first-order valence-corrected chi connectivity index (χ1v) is 10.9. The summed E-state index contributed by atoms with van der Waals surface area (Å²) < 4.78 is 16.4. The summed E-state index contributed by atoms with van der Waals surface area (Å²) in [4.78, 5) is 27.8. The minimum Gasteiger partial charge on any atom is -0.497 e. The van der Waals surface area contributed by atoms with Crippen molar-refractivity contribution >= 4 is 11.8 Å². The SMILES string of the molecule is CC[C@H](C)NC(=O)[C@H](CC)N(Cc1cccc(OC)c1)C(=O)COc1ccccc1OC. The molecule has 0 spiro atoms. The number of hydrogen-bond donors (Lipinski definition) is 1. The van der Waals surface area contributed by atoms with Crippen molar-refractivity contribution in [3.05, 3.63) is 54.1 Å². The molecule has 2 atom stereocenters. The van der Waals surface area contributed by atoms with E-state index in [2.05, 4.69) is 5.32 Å². The Morgan fingerprint density at radius 3 is 2.31 bits per heavy atom. The van der Waals surface area contributed by atoms with Crippen LogP contribution >= 0.6 is 0 Å². The second-order valence-electron chi connectivity index (χ2n) is 7.55. The van der Waals surface area contributed by atoms with Gasteiger partial charge in [0.25, 0.3) is 5.91 Å². The average molecular weight is 443 g/mol. The zero-order valence-electron chi connectivity index (χ0n) is 19.6. The maximum absolute atomic E-state index is 13.3. The number of hydrogen-bond acceptors (Lipinski definition) is 5. The minimum atomic E-state index is -0.621. The standard InChI is InChI=1S/C25H34N2O5/c1-6-18(3)26-25(29)21(7-2)27(16-19-11-10-12-20(15-19)30-4)24(28)17-32-23-14-9-8-13-22(23)31-5/h8-15,18,21H,6-7,16-17H2,1-5H3,(H,26,29)/t18-,21-/m0/s1. The first kappa shape index (κ1) is 25.0. The van der Waals surface area contributed by atoms with Gasteiger partial charge in [0.05, 0.1) is 14.2 Å². The highest BCUT2D eigenvalue weighted by atomic mass is 16.5. The van der Waals surface area contributed by atoms with E-state index in [0.29, 0.717) is 23.7 Å². The van der Waals surface area contributed by atoms with Crippen molar-refractivity contribution in [2.24, 2.45) is 0 Å². The third kappa shape index (κ3) is 6.90. The van der Waals surface area contributed by atoms with Crippen LogP contribution in [0.1, 0.15) is 39.2 Å². The van der Waals surface area contributed by atoms with E-state index in [0.717, 1.165) is 12.0 Å². The van der Waals surface area contributed by atoms with Gasteiger partial charge in [-0.05, 0) is 49.6 Å². The number of benzene rings is 2. The third-order valence-corrected chi connectivity index (χ3v) is 5.29. The molecule has 7 nitrogen and oxygen atoms in total. The number of rotatable bonds is 12. The summed E-state index contributed by atoms with van der Waals surface area (Å²) in [5.74, 6) is 1.25. The molecule has 0 fully saturated rings. The van der Waals surface area contributed by atoms with E-state index in [1.807, 2.05) is 57.2 Å². The summed E-state index contributed by atoms with van der Waals surface area (Å²) >= 11 is 0. The number of ether oxygens (including phenoxy) is 3. The Hall–Kier alpha value is -3.22. The normalized spacial score (nSPS) is 12.4. The lowest BCUT2D eigenvalue weighted by atomic mass is 10.1. The maximum Gasteiger partial charge on any atom is 0.261 e. The number of nitrogens with zero attached hydrogens (tertiary/aromatic N) is 1. The summed E-state index contributed by atoms with van der Waals surface area (Å²) in [6, 6.07) is 14.0. The lowest BCUT2D eigenvalue weighted by molar-refractivity contribution is -0.143. The number of nitrogens with one attached hydrogen (secondary N) is 1. The molecule has 0 saturated carbocycles. The largest absolute Gasteiger partial charge is 0.497 e. The van der Waals surface area contributed by atoms with Gasteiger partial charge in [-0.2, -0.15) is 0 Å². The quantitative estimate of drug-likeness (QED) is 0.541. The van der Waals surface area contributed by atoms with Crippen molar-refractivity contribution in [3.63, 3.8) is 0 Å². The lowest BCUT2D eigenvalue weighted by Gasteiger charge is -2.31. The highest BCUT2D eigenvalue weighted by Crippen LogP contribution is 2.26. The van der Waals surface area contributed by atoms with Crippen LogP contribution in [0.15, 0.2) is 48.5 Å². The number of para-hydroxylation sites is 2. The monoisotopic (exact) mass is 442 g/mol. The Kier molecular flexibility index (Phi) is 9.85. The van der Waals surface area contributed by atoms with Crippen LogP contribution in [0.4, 0.5) is 0 Å². The Morgan fingerprint density at radius 2 is 1.69 bits per heavy atom. The molecular weight excluding hydrogens is 408 g/mol. The molecule has 174 valence electrons. The van der Waals surface area contributed by atoms with Gasteiger partial charge in [0.15, 0.2) is 18.1 Å². The molecule has 32 heavy (non-hydrogen) atoms. The van der Waals surface area contributed by atoms with Gasteiger partial charge in [0.2, 0.25) is 5.91 Å². The van der Waals surface area contributed by atoms with Crippen LogP contribution in [0.2, 0.25) is 0 Å². The van der Waals surface area contributed by atoms with Crippen molar-refractivity contribution in [1.29, 1.82) is 0 Å². The van der Waals surface area contributed by atoms with E-state index in [4.69, 9.17) is 14.2 Å². The summed E-state index contributed by atoms with van der Waals surface area (Å²) in [6.07, 6.45) is 1.29. The van der Waals surface area contributed by atoms with Gasteiger partial charge < -0.3 is 24.4 Å². The topological polar surface area (TPSA) is 77.1 Å². The van der Waals surface area contributed by atoms with Crippen molar-refractivity contribution < 1.29 is 23.8 Å². The van der Waals surface area contributed by atoms with Crippen molar-refractivity contribution in [1.82, 2.24) is 10.2 Å². The number of methoxy groups -OCH3 is 2. The van der Waals surface area contributed by atoms with E-state index in [-0.39, 0.29) is 31.0 Å². The van der Waals surface area contributed by atoms with Gasteiger partial charge >= 0.3 is 0 Å². The second kappa shape index (κ2) is 12.6. The first-order valence-electron chi connectivity index (χ1n) is 10.9. The molecular formula is C25H34N2O5. The van der Waals surface area contributed by atoms with Gasteiger partial charge in [-0.1, -0.05) is 38.1 Å². The zero-order chi connectivity index (χ0) is 23.5. The molecule has 0 bridgehead atoms. The molecule has 0 saturated heterocycles. The Labute approximate surface area is 190 Å². The van der Waals surface area contributed by atoms with Gasteiger partial charge in [-0.3, -0.25) is 9.59 Å². The Morgan fingerprint density at radius 1 is 0.969 bits per heavy atom. The highest BCUT2D eigenvalue weighted by Gasteiger charge is 2.29. The fraction of sp³-hybridized carbons (Fsp3) is 0.440. The predicted molar refractivity (Wildman–Crippen MR) is 124 cm³/mol. The first-order chi connectivity index (χ1) is 15.4. The van der Waals surface area contributed by atoms with Gasteiger partial charge in [-0.15, -0.1) is 0 Å². The minimum absolute atomic E-state index is 0.0233. The van der Waals surface area contributed by atoms with Gasteiger partial charge in [0.1, 0.15) is 11.8 Å². The summed E-state index contributed by atoms with van der Waals surface area (Å²) in [6.45, 7) is 5.90. The average Bonchev–Trinajstić information content (AvgIpc) is 2.82. The molecule has 1 N–H and O–H groups in total. The fourth-order valence-corrected chi connectivity index (χ4v) is 3.29. The van der Waals surface area contributed by atoms with Crippen LogP contribution in [-0.4, -0.2) is 49.6 Å². The maximum atomic E-state index is 13.3. The van der Waals surface area contributed by atoms with Crippen molar-refractivity contribution in [2.45, 2.75) is 52.2 Å². The molecule has 0 radical (unpaired) electrons. The molecule has 0 aliphatic heterocycles. The second-order valence-corrected chi connectivity index (χ2v) is 7.55. The zero-order valence-corrected chi connectivity index (χ0v) is 19.6. The molecule has 0 aliphatic rings. The molecule has 7 heteroatoms. The van der Waals surface area contributed by atoms with Gasteiger partial charge in [-0.25, -0.2) is 0 Å². The molecule has 0 unspecified atom stereocenters. The van der Waals surface area contributed by atoms with E-state index >= 15 is 0 Å². The molecule has 2 aromatic carbocycles. The molecule has 0 heterocycles. The molecule has 0 aromatic heterocycles. The van der Waals surface area contributed by atoms with Crippen LogP contribution < -0.4 is 19.5 Å². The molecule has 2 rings (SSSR count). The van der Waals surface area contributed by atoms with Crippen LogP contribution in [0.3, 0.4) is 0 Å². The number of carbonyl (C=O) groups excluding carboxylic acids is 2. The van der Waals surface area contributed by atoms with Crippen LogP contribution in [0, 0.1) is 0 Å². The molecule has 0 aliphatic carbocycles. The van der Waals surface area contributed by atoms with Crippen LogP contribution in [0.25, 0.3) is 0 Å². The highest BCUT2D eigenvalue weighted by molar-refractivity contribution is 5.88. The number of carbonyl (C=O) groups is 2. The molecule has 2 amide bonds. The third-order valence-electron chi connectivity index (χ3n) is 5.29.